The van der Waals surface area contributed by atoms with Crippen molar-refractivity contribution < 1.29 is 4.74 Å². The highest BCUT2D eigenvalue weighted by Gasteiger charge is 2.06. The van der Waals surface area contributed by atoms with Crippen LogP contribution in [0, 0.1) is 12.8 Å². The van der Waals surface area contributed by atoms with Crippen molar-refractivity contribution in [2.24, 2.45) is 10.9 Å². The zero-order chi connectivity index (χ0) is 15.0. The van der Waals surface area contributed by atoms with E-state index in [1.807, 2.05) is 25.1 Å². The van der Waals surface area contributed by atoms with Crippen LogP contribution in [0.1, 0.15) is 26.3 Å². The maximum atomic E-state index is 5.87. The van der Waals surface area contributed by atoms with Gasteiger partial charge in [-0.25, -0.2) is 0 Å². The van der Waals surface area contributed by atoms with Crippen LogP contribution < -0.4 is 15.4 Å². The summed E-state index contributed by atoms with van der Waals surface area (Å²) in [5.74, 6) is 2.32. The molecule has 5 heteroatoms. The molecule has 21 heavy (non-hydrogen) atoms. The fourth-order valence-corrected chi connectivity index (χ4v) is 1.72. The van der Waals surface area contributed by atoms with E-state index < -0.39 is 0 Å². The van der Waals surface area contributed by atoms with Crippen LogP contribution in [0.4, 0.5) is 0 Å². The summed E-state index contributed by atoms with van der Waals surface area (Å²) in [6, 6.07) is 8.10. The summed E-state index contributed by atoms with van der Waals surface area (Å²) in [6.45, 7) is 10.1. The average Bonchev–Trinajstić information content (AvgIpc) is 2.38. The molecule has 0 aliphatic heterocycles. The average molecular weight is 405 g/mol. The van der Waals surface area contributed by atoms with Crippen LogP contribution in [0.3, 0.4) is 0 Å². The van der Waals surface area contributed by atoms with Crippen molar-refractivity contribution in [3.8, 4) is 5.75 Å². The lowest BCUT2D eigenvalue weighted by Crippen LogP contribution is -2.42. The third-order valence-electron chi connectivity index (χ3n) is 2.79. The molecule has 1 rings (SSSR count). The Morgan fingerprint density at radius 2 is 1.86 bits per heavy atom. The molecule has 0 amide bonds. The Hall–Kier alpha value is -0.980. The van der Waals surface area contributed by atoms with Crippen molar-refractivity contribution in [1.82, 2.24) is 10.6 Å². The van der Waals surface area contributed by atoms with Crippen LogP contribution in [0.2, 0.25) is 0 Å². The molecule has 1 atom stereocenters. The SMILES string of the molecule is CN=C(NCC(C)C)NCC(C)Oc1cccc(C)c1.I. The topological polar surface area (TPSA) is 45.7 Å². The smallest absolute Gasteiger partial charge is 0.191 e. The summed E-state index contributed by atoms with van der Waals surface area (Å²) < 4.78 is 5.87. The van der Waals surface area contributed by atoms with Gasteiger partial charge in [-0.1, -0.05) is 26.0 Å². The quantitative estimate of drug-likeness (QED) is 0.434. The second kappa shape index (κ2) is 10.7. The largest absolute Gasteiger partial charge is 0.489 e. The van der Waals surface area contributed by atoms with Gasteiger partial charge in [0.2, 0.25) is 0 Å². The van der Waals surface area contributed by atoms with Crippen molar-refractivity contribution in [2.75, 3.05) is 20.1 Å². The Morgan fingerprint density at radius 1 is 1.19 bits per heavy atom. The van der Waals surface area contributed by atoms with E-state index in [0.717, 1.165) is 18.3 Å². The number of benzene rings is 1. The molecule has 1 aromatic carbocycles. The molecule has 0 bridgehead atoms. The van der Waals surface area contributed by atoms with E-state index in [4.69, 9.17) is 4.74 Å². The molecule has 2 N–H and O–H groups in total. The summed E-state index contributed by atoms with van der Waals surface area (Å²) in [7, 11) is 1.78. The van der Waals surface area contributed by atoms with E-state index in [-0.39, 0.29) is 30.1 Å². The highest BCUT2D eigenvalue weighted by atomic mass is 127. The molecule has 1 aromatic rings. The van der Waals surface area contributed by atoms with Gasteiger partial charge in [0.25, 0.3) is 0 Å². The summed E-state index contributed by atoms with van der Waals surface area (Å²) in [4.78, 5) is 4.19. The molecular weight excluding hydrogens is 377 g/mol. The van der Waals surface area contributed by atoms with Crippen molar-refractivity contribution in [2.45, 2.75) is 33.8 Å². The highest BCUT2D eigenvalue weighted by Crippen LogP contribution is 2.13. The lowest BCUT2D eigenvalue weighted by molar-refractivity contribution is 0.223. The lowest BCUT2D eigenvalue weighted by atomic mass is 10.2. The number of halogens is 1. The first-order valence-electron chi connectivity index (χ1n) is 7.19. The fourth-order valence-electron chi connectivity index (χ4n) is 1.72. The molecule has 0 aliphatic rings. The molecule has 0 radical (unpaired) electrons. The number of hydrogen-bond acceptors (Lipinski definition) is 2. The number of nitrogens with zero attached hydrogens (tertiary/aromatic N) is 1. The molecule has 120 valence electrons. The number of nitrogens with one attached hydrogen (secondary N) is 2. The van der Waals surface area contributed by atoms with E-state index in [1.54, 1.807) is 7.05 Å². The molecule has 0 aromatic heterocycles. The first-order valence-corrected chi connectivity index (χ1v) is 7.19. The standard InChI is InChI=1S/C16H27N3O.HI/c1-12(2)10-18-16(17-5)19-11-14(4)20-15-8-6-7-13(3)9-15;/h6-9,12,14H,10-11H2,1-5H3,(H2,17,18,19);1H. The van der Waals surface area contributed by atoms with Crippen molar-refractivity contribution >= 4 is 29.9 Å². The molecule has 0 heterocycles. The Kier molecular flexibility index (Phi) is 10.2. The minimum Gasteiger partial charge on any atom is -0.489 e. The minimum atomic E-state index is 0. The van der Waals surface area contributed by atoms with Gasteiger partial charge < -0.3 is 15.4 Å². The van der Waals surface area contributed by atoms with E-state index in [9.17, 15) is 0 Å². The molecular formula is C16H28IN3O. The van der Waals surface area contributed by atoms with Gasteiger partial charge in [-0.05, 0) is 37.5 Å². The van der Waals surface area contributed by atoms with Crippen LogP contribution in [0.5, 0.6) is 5.75 Å². The number of hydrogen-bond donors (Lipinski definition) is 2. The van der Waals surface area contributed by atoms with E-state index >= 15 is 0 Å². The fraction of sp³-hybridized carbons (Fsp3) is 0.562. The van der Waals surface area contributed by atoms with Crippen LogP contribution >= 0.6 is 24.0 Å². The number of ether oxygens (including phenoxy) is 1. The van der Waals surface area contributed by atoms with Gasteiger partial charge >= 0.3 is 0 Å². The van der Waals surface area contributed by atoms with Gasteiger partial charge in [0, 0.05) is 13.6 Å². The molecule has 0 spiro atoms. The van der Waals surface area contributed by atoms with Crippen molar-refractivity contribution in [3.63, 3.8) is 0 Å². The minimum absolute atomic E-state index is 0. The number of rotatable bonds is 6. The van der Waals surface area contributed by atoms with Gasteiger partial charge in [0.1, 0.15) is 11.9 Å². The second-order valence-electron chi connectivity index (χ2n) is 5.47. The number of guanidine groups is 1. The normalized spacial score (nSPS) is 12.6. The summed E-state index contributed by atoms with van der Waals surface area (Å²) in [6.07, 6.45) is 0.0781. The van der Waals surface area contributed by atoms with Crippen LogP contribution in [0.25, 0.3) is 0 Å². The molecule has 0 saturated heterocycles. The van der Waals surface area contributed by atoms with Gasteiger partial charge in [-0.15, -0.1) is 24.0 Å². The maximum Gasteiger partial charge on any atom is 0.191 e. The summed E-state index contributed by atoms with van der Waals surface area (Å²) in [5, 5.41) is 6.55. The van der Waals surface area contributed by atoms with Crippen LogP contribution in [0.15, 0.2) is 29.3 Å². The molecule has 0 aliphatic carbocycles. The summed E-state index contributed by atoms with van der Waals surface area (Å²) in [5.41, 5.74) is 1.21. The second-order valence-corrected chi connectivity index (χ2v) is 5.47. The Bertz CT molecular complexity index is 435. The Labute approximate surface area is 145 Å². The molecule has 0 fully saturated rings. The van der Waals surface area contributed by atoms with Gasteiger partial charge in [0.05, 0.1) is 6.54 Å². The van der Waals surface area contributed by atoms with Crippen LogP contribution in [-0.4, -0.2) is 32.2 Å². The molecule has 0 saturated carbocycles. The molecule has 4 nitrogen and oxygen atoms in total. The Balaban J connectivity index is 0.00000400. The third kappa shape index (κ3) is 8.80. The van der Waals surface area contributed by atoms with Crippen molar-refractivity contribution in [3.05, 3.63) is 29.8 Å². The predicted molar refractivity (Wildman–Crippen MR) is 101 cm³/mol. The third-order valence-corrected chi connectivity index (χ3v) is 2.79. The zero-order valence-corrected chi connectivity index (χ0v) is 16.0. The highest BCUT2D eigenvalue weighted by molar-refractivity contribution is 14.0. The van der Waals surface area contributed by atoms with Gasteiger partial charge in [0.15, 0.2) is 5.96 Å². The number of aliphatic imine (C=N–C) groups is 1. The van der Waals surface area contributed by atoms with Gasteiger partial charge in [-0.2, -0.15) is 0 Å². The molecule has 1 unspecified atom stereocenters. The van der Waals surface area contributed by atoms with Crippen LogP contribution in [-0.2, 0) is 0 Å². The monoisotopic (exact) mass is 405 g/mol. The maximum absolute atomic E-state index is 5.87. The van der Waals surface area contributed by atoms with E-state index in [0.29, 0.717) is 12.5 Å². The first-order chi connectivity index (χ1) is 9.51. The lowest BCUT2D eigenvalue weighted by Gasteiger charge is -2.18. The predicted octanol–water partition coefficient (Wildman–Crippen LogP) is 3.20. The first kappa shape index (κ1) is 20.0. The number of aryl methyl sites for hydroxylation is 1. The zero-order valence-electron chi connectivity index (χ0n) is 13.6. The van der Waals surface area contributed by atoms with E-state index in [2.05, 4.69) is 42.5 Å². The van der Waals surface area contributed by atoms with Gasteiger partial charge in [-0.3, -0.25) is 4.99 Å². The summed E-state index contributed by atoms with van der Waals surface area (Å²) >= 11 is 0. The Morgan fingerprint density at radius 3 is 2.43 bits per heavy atom. The van der Waals surface area contributed by atoms with E-state index in [1.165, 1.54) is 5.56 Å². The van der Waals surface area contributed by atoms with Crippen molar-refractivity contribution in [1.29, 1.82) is 0 Å².